The summed E-state index contributed by atoms with van der Waals surface area (Å²) in [5, 5.41) is 12.7. The maximum atomic E-state index is 12.3. The minimum absolute atomic E-state index is 0.166. The van der Waals surface area contributed by atoms with Crippen LogP contribution in [0.5, 0.6) is 5.75 Å². The molecule has 3 aromatic rings. The highest BCUT2D eigenvalue weighted by Gasteiger charge is 2.23. The predicted octanol–water partition coefficient (Wildman–Crippen LogP) is 5.94. The lowest BCUT2D eigenvalue weighted by Crippen LogP contribution is -2.03. The van der Waals surface area contributed by atoms with Crippen molar-refractivity contribution < 1.29 is 9.53 Å². The summed E-state index contributed by atoms with van der Waals surface area (Å²) in [6, 6.07) is 20.2. The molecule has 0 aromatic heterocycles. The number of halogens is 2. The van der Waals surface area contributed by atoms with E-state index in [1.54, 1.807) is 30.3 Å². The Labute approximate surface area is 177 Å². The van der Waals surface area contributed by atoms with Gasteiger partial charge in [0, 0.05) is 22.4 Å². The normalized spacial score (nSPS) is 13.7. The highest BCUT2D eigenvalue weighted by atomic mass is 35.5. The Morgan fingerprint density at radius 3 is 2.48 bits per heavy atom. The molecule has 1 amide bonds. The third-order valence-corrected chi connectivity index (χ3v) is 5.11. The highest BCUT2D eigenvalue weighted by molar-refractivity contribution is 6.38. The van der Waals surface area contributed by atoms with Gasteiger partial charge in [0.15, 0.2) is 5.75 Å². The Bertz CT molecular complexity index is 1170. The second-order valence-corrected chi connectivity index (χ2v) is 7.24. The minimum atomic E-state index is -0.174. The quantitative estimate of drug-likeness (QED) is 0.531. The van der Waals surface area contributed by atoms with Gasteiger partial charge in [0.25, 0.3) is 5.91 Å². The van der Waals surface area contributed by atoms with Gasteiger partial charge in [0.05, 0.1) is 21.7 Å². The molecular weight excluding hydrogens is 407 g/mol. The first-order chi connectivity index (χ1) is 14.1. The van der Waals surface area contributed by atoms with E-state index in [0.717, 1.165) is 16.8 Å². The fourth-order valence-electron chi connectivity index (χ4n) is 3.15. The molecule has 0 fully saturated rings. The summed E-state index contributed by atoms with van der Waals surface area (Å²) >= 11 is 12.8. The topological polar surface area (TPSA) is 62.1 Å². The number of nitriles is 1. The Morgan fingerprint density at radius 1 is 1.03 bits per heavy atom. The van der Waals surface area contributed by atoms with E-state index >= 15 is 0 Å². The zero-order valence-corrected chi connectivity index (χ0v) is 16.6. The number of fused-ring (bicyclic) bond motifs is 1. The second kappa shape index (κ2) is 8.00. The molecule has 1 aliphatic heterocycles. The molecule has 0 aliphatic carbocycles. The summed E-state index contributed by atoms with van der Waals surface area (Å²) in [5.41, 5.74) is 4.12. The number of ether oxygens (including phenoxy) is 1. The molecule has 0 saturated heterocycles. The van der Waals surface area contributed by atoms with Gasteiger partial charge in [0.2, 0.25) is 0 Å². The lowest BCUT2D eigenvalue weighted by molar-refractivity contribution is -0.110. The van der Waals surface area contributed by atoms with E-state index in [2.05, 4.69) is 11.4 Å². The fourth-order valence-corrected chi connectivity index (χ4v) is 3.77. The number of amides is 1. The van der Waals surface area contributed by atoms with Crippen LogP contribution in [0.3, 0.4) is 0 Å². The summed E-state index contributed by atoms with van der Waals surface area (Å²) in [4.78, 5) is 12.3. The van der Waals surface area contributed by atoms with Crippen LogP contribution in [-0.2, 0) is 11.4 Å². The number of anilines is 1. The monoisotopic (exact) mass is 420 g/mol. The van der Waals surface area contributed by atoms with Gasteiger partial charge in [-0.15, -0.1) is 0 Å². The molecule has 4 nitrogen and oxygen atoms in total. The van der Waals surface area contributed by atoms with Crippen LogP contribution in [0.1, 0.15) is 22.3 Å². The van der Waals surface area contributed by atoms with Gasteiger partial charge in [-0.05, 0) is 35.9 Å². The summed E-state index contributed by atoms with van der Waals surface area (Å²) in [7, 11) is 0. The van der Waals surface area contributed by atoms with Crippen LogP contribution in [0.2, 0.25) is 10.0 Å². The Kier molecular flexibility index (Phi) is 5.26. The third-order valence-electron chi connectivity index (χ3n) is 4.55. The third kappa shape index (κ3) is 3.84. The molecule has 1 N–H and O–H groups in total. The molecule has 1 aliphatic rings. The maximum absolute atomic E-state index is 12.3. The van der Waals surface area contributed by atoms with Crippen molar-refractivity contribution in [3.05, 3.63) is 93.0 Å². The summed E-state index contributed by atoms with van der Waals surface area (Å²) in [6.07, 6.45) is 1.74. The van der Waals surface area contributed by atoms with Gasteiger partial charge in [0.1, 0.15) is 6.61 Å². The van der Waals surface area contributed by atoms with Crippen molar-refractivity contribution in [2.24, 2.45) is 0 Å². The van der Waals surface area contributed by atoms with Gasteiger partial charge in [-0.2, -0.15) is 5.26 Å². The number of hydrogen-bond donors (Lipinski definition) is 1. The molecule has 29 heavy (non-hydrogen) atoms. The molecule has 6 heteroatoms. The molecule has 3 aromatic carbocycles. The van der Waals surface area contributed by atoms with E-state index in [0.29, 0.717) is 32.5 Å². The first kappa shape index (κ1) is 19.1. The van der Waals surface area contributed by atoms with Crippen molar-refractivity contribution in [3.63, 3.8) is 0 Å². The van der Waals surface area contributed by atoms with Crippen LogP contribution in [0.25, 0.3) is 11.6 Å². The first-order valence-electron chi connectivity index (χ1n) is 8.79. The summed E-state index contributed by atoms with van der Waals surface area (Å²) in [6.45, 7) is 0.166. The summed E-state index contributed by atoms with van der Waals surface area (Å²) < 4.78 is 5.78. The van der Waals surface area contributed by atoms with Crippen molar-refractivity contribution in [2.45, 2.75) is 6.61 Å². The van der Waals surface area contributed by atoms with E-state index in [1.807, 2.05) is 36.4 Å². The van der Waals surface area contributed by atoms with Crippen molar-refractivity contribution in [1.82, 2.24) is 0 Å². The van der Waals surface area contributed by atoms with Crippen molar-refractivity contribution in [2.75, 3.05) is 5.32 Å². The molecule has 0 spiro atoms. The smallest absolute Gasteiger partial charge is 0.256 e. The Balaban J connectivity index is 1.61. The van der Waals surface area contributed by atoms with Gasteiger partial charge in [-0.3, -0.25) is 4.79 Å². The Morgan fingerprint density at radius 2 is 1.72 bits per heavy atom. The van der Waals surface area contributed by atoms with Crippen LogP contribution < -0.4 is 10.1 Å². The minimum Gasteiger partial charge on any atom is -0.486 e. The summed E-state index contributed by atoms with van der Waals surface area (Å²) in [5.74, 6) is 0.159. The van der Waals surface area contributed by atoms with E-state index in [4.69, 9.17) is 27.9 Å². The van der Waals surface area contributed by atoms with Crippen LogP contribution >= 0.6 is 23.2 Å². The predicted molar refractivity (Wildman–Crippen MR) is 115 cm³/mol. The number of carbonyl (C=O) groups excluding carboxylic acids is 1. The highest BCUT2D eigenvalue weighted by Crippen LogP contribution is 2.38. The van der Waals surface area contributed by atoms with Crippen LogP contribution in [0.15, 0.2) is 60.7 Å². The standard InChI is InChI=1S/C23H14Cl2N2O2/c24-19-10-14(9-18-17-7-3-4-8-21(17)27-23(18)28)11-20(25)22(19)29-13-16-6-2-1-5-15(16)12-26/h1-11H,13H2,(H,27,28)/b18-9-. The molecule has 0 bridgehead atoms. The number of carbonyl (C=O) groups is 1. The van der Waals surface area contributed by atoms with E-state index in [9.17, 15) is 10.1 Å². The zero-order chi connectivity index (χ0) is 20.4. The molecule has 0 saturated carbocycles. The lowest BCUT2D eigenvalue weighted by atomic mass is 10.0. The second-order valence-electron chi connectivity index (χ2n) is 6.43. The van der Waals surface area contributed by atoms with Crippen LogP contribution in [-0.4, -0.2) is 5.91 Å². The van der Waals surface area contributed by atoms with Gasteiger partial charge >= 0.3 is 0 Å². The maximum Gasteiger partial charge on any atom is 0.256 e. The molecule has 4 rings (SSSR count). The van der Waals surface area contributed by atoms with Crippen LogP contribution in [0, 0.1) is 11.3 Å². The largest absolute Gasteiger partial charge is 0.486 e. The van der Waals surface area contributed by atoms with Gasteiger partial charge in [-0.1, -0.05) is 59.6 Å². The number of hydrogen-bond acceptors (Lipinski definition) is 3. The molecule has 142 valence electrons. The zero-order valence-electron chi connectivity index (χ0n) is 15.1. The van der Waals surface area contributed by atoms with Crippen LogP contribution in [0.4, 0.5) is 5.69 Å². The first-order valence-corrected chi connectivity index (χ1v) is 9.54. The van der Waals surface area contributed by atoms with E-state index < -0.39 is 0 Å². The van der Waals surface area contributed by atoms with Crippen molar-refractivity contribution in [1.29, 1.82) is 5.26 Å². The van der Waals surface area contributed by atoms with E-state index in [-0.39, 0.29) is 12.5 Å². The molecule has 1 heterocycles. The SMILES string of the molecule is N#Cc1ccccc1COc1c(Cl)cc(/C=C2\C(=O)Nc3ccccc32)cc1Cl. The molecule has 0 atom stereocenters. The number of para-hydroxylation sites is 1. The molecule has 0 unspecified atom stereocenters. The van der Waals surface area contributed by atoms with Crippen molar-refractivity contribution in [3.8, 4) is 11.8 Å². The van der Waals surface area contributed by atoms with E-state index in [1.165, 1.54) is 0 Å². The number of benzene rings is 3. The van der Waals surface area contributed by atoms with Crippen molar-refractivity contribution >= 4 is 46.4 Å². The number of rotatable bonds is 4. The molecule has 0 radical (unpaired) electrons. The fraction of sp³-hybridized carbons (Fsp3) is 0.0435. The average molecular weight is 421 g/mol. The Hall–Kier alpha value is -3.26. The van der Waals surface area contributed by atoms with Gasteiger partial charge < -0.3 is 10.1 Å². The average Bonchev–Trinajstić information content (AvgIpc) is 3.03. The number of nitrogens with one attached hydrogen (secondary N) is 1. The molecular formula is C23H14Cl2N2O2. The van der Waals surface area contributed by atoms with Gasteiger partial charge in [-0.25, -0.2) is 0 Å². The number of nitrogens with zero attached hydrogens (tertiary/aromatic N) is 1. The lowest BCUT2D eigenvalue weighted by Gasteiger charge is -2.12.